The Labute approximate surface area is 196 Å². The number of ether oxygens (including phenoxy) is 4. The summed E-state index contributed by atoms with van der Waals surface area (Å²) in [5, 5.41) is 4.45. The van der Waals surface area contributed by atoms with Gasteiger partial charge in [-0.15, -0.1) is 11.3 Å². The van der Waals surface area contributed by atoms with Crippen molar-refractivity contribution in [1.29, 1.82) is 0 Å². The average molecular weight is 464 g/mol. The Bertz CT molecular complexity index is 1320. The molecule has 1 atom stereocenters. The second-order valence-corrected chi connectivity index (χ2v) is 8.89. The summed E-state index contributed by atoms with van der Waals surface area (Å²) in [4.78, 5) is 11.6. The van der Waals surface area contributed by atoms with Crippen LogP contribution in [0.3, 0.4) is 0 Å². The van der Waals surface area contributed by atoms with E-state index in [1.54, 1.807) is 25.6 Å². The van der Waals surface area contributed by atoms with E-state index in [-0.39, 0.29) is 6.04 Å². The summed E-state index contributed by atoms with van der Waals surface area (Å²) in [5.74, 6) is 4.34. The molecule has 8 heteroatoms. The molecule has 1 N–H and O–H groups in total. The Balaban J connectivity index is 1.43. The van der Waals surface area contributed by atoms with Gasteiger partial charge in [0.1, 0.15) is 24.9 Å². The zero-order chi connectivity index (χ0) is 22.9. The summed E-state index contributed by atoms with van der Waals surface area (Å²) >= 11 is 1.74. The number of rotatable bonds is 6. The number of hydrogen-bond donors (Lipinski definition) is 1. The fourth-order valence-corrected chi connectivity index (χ4v) is 4.90. The van der Waals surface area contributed by atoms with E-state index in [9.17, 15) is 0 Å². The van der Waals surface area contributed by atoms with Crippen molar-refractivity contribution in [2.24, 2.45) is 0 Å². The lowest BCUT2D eigenvalue weighted by molar-refractivity contribution is 0.171. The summed E-state index contributed by atoms with van der Waals surface area (Å²) in [6, 6.07) is 14.2. The monoisotopic (exact) mass is 463 g/mol. The molecule has 7 nitrogen and oxygen atoms in total. The smallest absolute Gasteiger partial charge is 0.162 e. The highest BCUT2D eigenvalue weighted by Gasteiger charge is 2.17. The third kappa shape index (κ3) is 4.14. The number of aryl methyl sites for hydroxylation is 1. The van der Waals surface area contributed by atoms with Gasteiger partial charge in [0, 0.05) is 21.2 Å². The Kier molecular flexibility index (Phi) is 5.68. The van der Waals surface area contributed by atoms with Gasteiger partial charge < -0.3 is 24.3 Å². The molecule has 33 heavy (non-hydrogen) atoms. The second-order valence-electron chi connectivity index (χ2n) is 7.77. The molecule has 0 radical (unpaired) electrons. The van der Waals surface area contributed by atoms with Crippen molar-refractivity contribution in [2.75, 3.05) is 32.8 Å². The van der Waals surface area contributed by atoms with Gasteiger partial charge in [-0.3, -0.25) is 0 Å². The van der Waals surface area contributed by atoms with Crippen LogP contribution in [0.5, 0.6) is 23.0 Å². The molecule has 0 saturated heterocycles. The standard InChI is InChI=1S/C25H25N3O4S/c1-14(23-7-8-24(33-23)16-5-6-19-22(11-16)32-10-9-31-19)26-25-17-12-20(29-3)21(30-4)13-18(17)27-15(2)28-25/h5-8,11-14H,9-10H2,1-4H3,(H,26,27,28). The van der Waals surface area contributed by atoms with Crippen molar-refractivity contribution in [3.05, 3.63) is 53.2 Å². The molecular formula is C25H25N3O4S. The fraction of sp³-hybridized carbons (Fsp3) is 0.280. The lowest BCUT2D eigenvalue weighted by atomic mass is 10.1. The summed E-state index contributed by atoms with van der Waals surface area (Å²) in [5.41, 5.74) is 1.92. The molecule has 2 aromatic heterocycles. The maximum absolute atomic E-state index is 5.74. The SMILES string of the molecule is COc1cc2nc(C)nc(NC(C)c3ccc(-c4ccc5c(c4)OCCO5)s3)c2cc1OC. The van der Waals surface area contributed by atoms with Crippen LogP contribution in [0.4, 0.5) is 5.82 Å². The molecule has 5 rings (SSSR count). The van der Waals surface area contributed by atoms with Gasteiger partial charge in [0.15, 0.2) is 23.0 Å². The van der Waals surface area contributed by atoms with Gasteiger partial charge in [-0.05, 0) is 55.8 Å². The lowest BCUT2D eigenvalue weighted by Gasteiger charge is -2.18. The van der Waals surface area contributed by atoms with E-state index < -0.39 is 0 Å². The second kappa shape index (κ2) is 8.78. The first-order chi connectivity index (χ1) is 16.1. The molecule has 0 aliphatic carbocycles. The van der Waals surface area contributed by atoms with E-state index >= 15 is 0 Å². The van der Waals surface area contributed by atoms with Gasteiger partial charge in [0.25, 0.3) is 0 Å². The summed E-state index contributed by atoms with van der Waals surface area (Å²) in [6.45, 7) is 5.19. The zero-order valence-electron chi connectivity index (χ0n) is 19.0. The van der Waals surface area contributed by atoms with Gasteiger partial charge in [-0.2, -0.15) is 0 Å². The molecule has 0 fully saturated rings. The molecule has 1 aliphatic rings. The van der Waals surface area contributed by atoms with Gasteiger partial charge in [-0.25, -0.2) is 9.97 Å². The Morgan fingerprint density at radius 3 is 2.48 bits per heavy atom. The van der Waals surface area contributed by atoms with Crippen LogP contribution in [0.2, 0.25) is 0 Å². The lowest BCUT2D eigenvalue weighted by Crippen LogP contribution is -2.15. The fourth-order valence-electron chi connectivity index (χ4n) is 3.90. The minimum atomic E-state index is 0.0477. The molecule has 0 spiro atoms. The highest BCUT2D eigenvalue weighted by Crippen LogP contribution is 2.39. The van der Waals surface area contributed by atoms with Crippen molar-refractivity contribution in [2.45, 2.75) is 19.9 Å². The van der Waals surface area contributed by atoms with Crippen LogP contribution >= 0.6 is 11.3 Å². The summed E-state index contributed by atoms with van der Waals surface area (Å²) in [7, 11) is 3.24. The van der Waals surface area contributed by atoms with Crippen LogP contribution in [0.25, 0.3) is 21.3 Å². The van der Waals surface area contributed by atoms with Crippen LogP contribution in [0.1, 0.15) is 23.7 Å². The number of anilines is 1. The molecule has 2 aromatic carbocycles. The number of fused-ring (bicyclic) bond motifs is 2. The molecule has 0 saturated carbocycles. The minimum Gasteiger partial charge on any atom is -0.493 e. The first-order valence-corrected chi connectivity index (χ1v) is 11.5. The van der Waals surface area contributed by atoms with Crippen LogP contribution < -0.4 is 24.3 Å². The van der Waals surface area contributed by atoms with Crippen molar-refractivity contribution < 1.29 is 18.9 Å². The quantitative estimate of drug-likeness (QED) is 0.397. The van der Waals surface area contributed by atoms with E-state index in [2.05, 4.69) is 40.4 Å². The van der Waals surface area contributed by atoms with Crippen LogP contribution in [0.15, 0.2) is 42.5 Å². The average Bonchev–Trinajstić information content (AvgIpc) is 3.33. The van der Waals surface area contributed by atoms with Gasteiger partial charge in [0.2, 0.25) is 0 Å². The summed E-state index contributed by atoms with van der Waals surface area (Å²) in [6.07, 6.45) is 0. The third-order valence-corrected chi connectivity index (χ3v) is 6.86. The molecule has 0 amide bonds. The molecule has 3 heterocycles. The first kappa shape index (κ1) is 21.3. The van der Waals surface area contributed by atoms with Crippen LogP contribution in [-0.4, -0.2) is 37.4 Å². The largest absolute Gasteiger partial charge is 0.493 e. The van der Waals surface area contributed by atoms with E-state index in [1.807, 2.05) is 31.2 Å². The van der Waals surface area contributed by atoms with E-state index in [1.165, 1.54) is 9.75 Å². The number of nitrogens with one attached hydrogen (secondary N) is 1. The Hall–Kier alpha value is -3.52. The van der Waals surface area contributed by atoms with E-state index in [0.29, 0.717) is 30.5 Å². The topological polar surface area (TPSA) is 74.7 Å². The number of benzene rings is 2. The summed E-state index contributed by atoms with van der Waals surface area (Å²) < 4.78 is 22.3. The van der Waals surface area contributed by atoms with Gasteiger partial charge in [0.05, 0.1) is 25.8 Å². The van der Waals surface area contributed by atoms with Crippen molar-refractivity contribution in [3.63, 3.8) is 0 Å². The van der Waals surface area contributed by atoms with E-state index in [4.69, 9.17) is 18.9 Å². The van der Waals surface area contributed by atoms with Gasteiger partial charge in [-0.1, -0.05) is 0 Å². The Morgan fingerprint density at radius 1 is 0.939 bits per heavy atom. The maximum atomic E-state index is 5.74. The van der Waals surface area contributed by atoms with Crippen molar-refractivity contribution in [3.8, 4) is 33.4 Å². The molecule has 0 bridgehead atoms. The number of aromatic nitrogens is 2. The van der Waals surface area contributed by atoms with Crippen LogP contribution in [-0.2, 0) is 0 Å². The highest BCUT2D eigenvalue weighted by molar-refractivity contribution is 7.15. The molecule has 1 unspecified atom stereocenters. The molecule has 4 aromatic rings. The normalized spacial score (nSPS) is 13.6. The first-order valence-electron chi connectivity index (χ1n) is 10.7. The predicted molar refractivity (Wildman–Crippen MR) is 130 cm³/mol. The van der Waals surface area contributed by atoms with E-state index in [0.717, 1.165) is 33.8 Å². The van der Waals surface area contributed by atoms with Crippen molar-refractivity contribution in [1.82, 2.24) is 9.97 Å². The third-order valence-electron chi connectivity index (χ3n) is 5.55. The maximum Gasteiger partial charge on any atom is 0.162 e. The number of thiophene rings is 1. The highest BCUT2D eigenvalue weighted by atomic mass is 32.1. The molecule has 170 valence electrons. The molecule has 1 aliphatic heterocycles. The number of nitrogens with zero attached hydrogens (tertiary/aromatic N) is 2. The minimum absolute atomic E-state index is 0.0477. The van der Waals surface area contributed by atoms with Crippen LogP contribution in [0, 0.1) is 6.92 Å². The Morgan fingerprint density at radius 2 is 1.70 bits per heavy atom. The van der Waals surface area contributed by atoms with Crippen molar-refractivity contribution >= 4 is 28.1 Å². The molecular weight excluding hydrogens is 438 g/mol. The van der Waals surface area contributed by atoms with Gasteiger partial charge >= 0.3 is 0 Å². The predicted octanol–water partition coefficient (Wildman–Crippen LogP) is 5.63. The zero-order valence-corrected chi connectivity index (χ0v) is 19.8. The number of methoxy groups -OCH3 is 2. The number of hydrogen-bond acceptors (Lipinski definition) is 8.